The fourth-order valence-electron chi connectivity index (χ4n) is 2.72. The lowest BCUT2D eigenvalue weighted by Crippen LogP contribution is -2.28. The maximum Gasteiger partial charge on any atom is 0.123 e. The van der Waals surface area contributed by atoms with Gasteiger partial charge in [0, 0.05) is 18.2 Å². The Balaban J connectivity index is 1.99. The summed E-state index contributed by atoms with van der Waals surface area (Å²) < 4.78 is 5.36. The van der Waals surface area contributed by atoms with Crippen LogP contribution < -0.4 is 10.1 Å². The van der Waals surface area contributed by atoms with Crippen LogP contribution in [0.3, 0.4) is 0 Å². The third kappa shape index (κ3) is 3.97. The molecule has 1 aromatic carbocycles. The van der Waals surface area contributed by atoms with Crippen LogP contribution in [0.25, 0.3) is 0 Å². The maximum absolute atomic E-state index is 8.97. The monoisotopic (exact) mass is 258 g/mol. The minimum absolute atomic E-state index is 0.609. The minimum Gasteiger partial charge on any atom is -0.496 e. The van der Waals surface area contributed by atoms with E-state index in [0.717, 1.165) is 17.9 Å². The molecule has 0 heterocycles. The molecule has 0 radical (unpaired) electrons. The summed E-state index contributed by atoms with van der Waals surface area (Å²) >= 11 is 0. The summed E-state index contributed by atoms with van der Waals surface area (Å²) in [5.41, 5.74) is 1.77. The van der Waals surface area contributed by atoms with Gasteiger partial charge in [-0.25, -0.2) is 0 Å². The van der Waals surface area contributed by atoms with Gasteiger partial charge < -0.3 is 10.1 Å². The largest absolute Gasteiger partial charge is 0.496 e. The first kappa shape index (κ1) is 13.9. The lowest BCUT2D eigenvalue weighted by molar-refractivity contribution is 0.401. The van der Waals surface area contributed by atoms with E-state index in [1.807, 2.05) is 12.1 Å². The van der Waals surface area contributed by atoms with Crippen LogP contribution in [0.1, 0.15) is 49.7 Å². The van der Waals surface area contributed by atoms with Gasteiger partial charge >= 0.3 is 0 Å². The first-order valence-electron chi connectivity index (χ1n) is 7.14. The van der Waals surface area contributed by atoms with Crippen LogP contribution in [0.4, 0.5) is 0 Å². The van der Waals surface area contributed by atoms with E-state index in [1.165, 1.54) is 38.5 Å². The van der Waals surface area contributed by atoms with E-state index in [-0.39, 0.29) is 0 Å². The molecule has 102 valence electrons. The van der Waals surface area contributed by atoms with E-state index in [9.17, 15) is 0 Å². The maximum atomic E-state index is 8.97. The summed E-state index contributed by atoms with van der Waals surface area (Å²) in [5.74, 6) is 0.861. The first-order valence-corrected chi connectivity index (χ1v) is 7.14. The van der Waals surface area contributed by atoms with Crippen molar-refractivity contribution >= 4 is 0 Å². The molecule has 0 unspecified atom stereocenters. The van der Waals surface area contributed by atoms with Gasteiger partial charge in [0.1, 0.15) is 5.75 Å². The van der Waals surface area contributed by atoms with Gasteiger partial charge in [0.25, 0.3) is 0 Å². The van der Waals surface area contributed by atoms with Crippen LogP contribution in [-0.4, -0.2) is 13.2 Å². The van der Waals surface area contributed by atoms with Crippen LogP contribution in [0.5, 0.6) is 5.75 Å². The Hall–Kier alpha value is -1.53. The Morgan fingerprint density at radius 3 is 2.63 bits per heavy atom. The molecular formula is C16H22N2O. The van der Waals surface area contributed by atoms with Gasteiger partial charge in [-0.3, -0.25) is 0 Å². The highest BCUT2D eigenvalue weighted by atomic mass is 16.5. The highest BCUT2D eigenvalue weighted by Crippen LogP contribution is 2.21. The van der Waals surface area contributed by atoms with E-state index in [0.29, 0.717) is 11.6 Å². The first-order chi connectivity index (χ1) is 9.33. The number of benzene rings is 1. The molecule has 1 N–H and O–H groups in total. The summed E-state index contributed by atoms with van der Waals surface area (Å²) in [6.07, 6.45) is 7.91. The highest BCUT2D eigenvalue weighted by molar-refractivity contribution is 5.42. The third-order valence-corrected chi connectivity index (χ3v) is 3.85. The molecule has 1 fully saturated rings. The molecule has 3 heteroatoms. The van der Waals surface area contributed by atoms with Gasteiger partial charge in [0.15, 0.2) is 0 Å². The molecule has 1 aliphatic carbocycles. The standard InChI is InChI=1S/C16H22N2O/c1-19-16-9-8-13(11-17)10-14(16)12-18-15-6-4-2-3-5-7-15/h8-10,15,18H,2-7,12H2,1H3. The molecule has 0 atom stereocenters. The normalized spacial score (nSPS) is 16.6. The molecule has 1 aliphatic rings. The zero-order valence-corrected chi connectivity index (χ0v) is 11.6. The molecular weight excluding hydrogens is 236 g/mol. The number of methoxy groups -OCH3 is 1. The lowest BCUT2D eigenvalue weighted by atomic mass is 10.1. The fraction of sp³-hybridized carbons (Fsp3) is 0.562. The molecule has 0 saturated heterocycles. The third-order valence-electron chi connectivity index (χ3n) is 3.85. The van der Waals surface area contributed by atoms with Crippen LogP contribution in [0.2, 0.25) is 0 Å². The summed E-state index contributed by atoms with van der Waals surface area (Å²) in [6, 6.07) is 8.39. The molecule has 1 aromatic rings. The number of nitrogens with zero attached hydrogens (tertiary/aromatic N) is 1. The topological polar surface area (TPSA) is 45.0 Å². The average Bonchev–Trinajstić information content (AvgIpc) is 2.73. The summed E-state index contributed by atoms with van der Waals surface area (Å²) in [4.78, 5) is 0. The van der Waals surface area contributed by atoms with Gasteiger partial charge in [-0.15, -0.1) is 0 Å². The predicted molar refractivity (Wildman–Crippen MR) is 76.0 cm³/mol. The molecule has 0 aliphatic heterocycles. The van der Waals surface area contributed by atoms with Crippen molar-refractivity contribution in [3.63, 3.8) is 0 Å². The summed E-state index contributed by atoms with van der Waals surface area (Å²) in [5, 5.41) is 12.6. The molecule has 3 nitrogen and oxygen atoms in total. The van der Waals surface area contributed by atoms with Crippen LogP contribution >= 0.6 is 0 Å². The summed E-state index contributed by atoms with van der Waals surface area (Å²) in [6.45, 7) is 0.781. The zero-order valence-electron chi connectivity index (χ0n) is 11.6. The van der Waals surface area contributed by atoms with Crippen molar-refractivity contribution in [1.29, 1.82) is 5.26 Å². The quantitative estimate of drug-likeness (QED) is 0.842. The van der Waals surface area contributed by atoms with E-state index in [4.69, 9.17) is 10.00 Å². The number of hydrogen-bond donors (Lipinski definition) is 1. The van der Waals surface area contributed by atoms with Gasteiger partial charge in [-0.2, -0.15) is 5.26 Å². The van der Waals surface area contributed by atoms with Crippen molar-refractivity contribution in [2.45, 2.75) is 51.1 Å². The number of ether oxygens (including phenoxy) is 1. The molecule has 0 bridgehead atoms. The number of nitrogens with one attached hydrogen (secondary N) is 1. The Bertz CT molecular complexity index is 443. The molecule has 0 aromatic heterocycles. The van der Waals surface area contributed by atoms with Gasteiger partial charge in [-0.05, 0) is 31.0 Å². The van der Waals surface area contributed by atoms with Crippen molar-refractivity contribution in [1.82, 2.24) is 5.32 Å². The Morgan fingerprint density at radius 2 is 2.00 bits per heavy atom. The van der Waals surface area contributed by atoms with Crippen LogP contribution in [-0.2, 0) is 6.54 Å². The molecule has 19 heavy (non-hydrogen) atoms. The Kier molecular flexibility index (Phi) is 5.23. The predicted octanol–water partition coefficient (Wildman–Crippen LogP) is 3.38. The van der Waals surface area contributed by atoms with E-state index >= 15 is 0 Å². The lowest BCUT2D eigenvalue weighted by Gasteiger charge is -2.17. The van der Waals surface area contributed by atoms with Crippen molar-refractivity contribution in [3.8, 4) is 11.8 Å². The van der Waals surface area contributed by atoms with Gasteiger partial charge in [-0.1, -0.05) is 25.7 Å². The second-order valence-corrected chi connectivity index (χ2v) is 5.21. The minimum atomic E-state index is 0.609. The number of nitriles is 1. The van der Waals surface area contributed by atoms with Crippen LogP contribution in [0.15, 0.2) is 18.2 Å². The Morgan fingerprint density at radius 1 is 1.26 bits per heavy atom. The van der Waals surface area contributed by atoms with Crippen molar-refractivity contribution in [2.24, 2.45) is 0 Å². The molecule has 1 saturated carbocycles. The highest BCUT2D eigenvalue weighted by Gasteiger charge is 2.12. The number of hydrogen-bond acceptors (Lipinski definition) is 3. The van der Waals surface area contributed by atoms with Gasteiger partial charge in [0.2, 0.25) is 0 Å². The SMILES string of the molecule is COc1ccc(C#N)cc1CNC1CCCCCC1. The second-order valence-electron chi connectivity index (χ2n) is 5.21. The van der Waals surface area contributed by atoms with E-state index in [2.05, 4.69) is 11.4 Å². The average molecular weight is 258 g/mol. The Labute approximate surface area is 115 Å². The fourth-order valence-corrected chi connectivity index (χ4v) is 2.72. The van der Waals surface area contributed by atoms with Crippen molar-refractivity contribution in [2.75, 3.05) is 7.11 Å². The zero-order chi connectivity index (χ0) is 13.5. The summed E-state index contributed by atoms with van der Waals surface area (Å²) in [7, 11) is 1.68. The molecule has 0 amide bonds. The smallest absolute Gasteiger partial charge is 0.123 e. The molecule has 2 rings (SSSR count). The molecule has 0 spiro atoms. The van der Waals surface area contributed by atoms with Gasteiger partial charge in [0.05, 0.1) is 18.7 Å². The van der Waals surface area contributed by atoms with Crippen molar-refractivity contribution < 1.29 is 4.74 Å². The van der Waals surface area contributed by atoms with Crippen molar-refractivity contribution in [3.05, 3.63) is 29.3 Å². The van der Waals surface area contributed by atoms with E-state index < -0.39 is 0 Å². The van der Waals surface area contributed by atoms with E-state index in [1.54, 1.807) is 13.2 Å². The second kappa shape index (κ2) is 7.16. The van der Waals surface area contributed by atoms with Crippen LogP contribution in [0, 0.1) is 11.3 Å². The number of rotatable bonds is 4.